The number of carbonyl (C=O) groups is 1. The summed E-state index contributed by atoms with van der Waals surface area (Å²) in [5, 5.41) is 0.643. The highest BCUT2D eigenvalue weighted by Crippen LogP contribution is 2.47. The third-order valence-corrected chi connectivity index (χ3v) is 4.74. The molecule has 2 aliphatic rings. The number of hydrogen-bond donors (Lipinski definition) is 0. The fraction of sp³-hybridized carbons (Fsp3) is 0.278. The number of hydrogen-bond acceptors (Lipinski definition) is 3. The summed E-state index contributed by atoms with van der Waals surface area (Å²) in [4.78, 5) is 14.8. The maximum absolute atomic E-state index is 13.1. The summed E-state index contributed by atoms with van der Waals surface area (Å²) in [6, 6.07) is 13.4. The van der Waals surface area contributed by atoms with Gasteiger partial charge in [-0.15, -0.1) is 0 Å². The molecule has 4 rings (SSSR count). The number of ether oxygens (including phenoxy) is 2. The molecule has 0 saturated carbocycles. The summed E-state index contributed by atoms with van der Waals surface area (Å²) in [5.74, 6) is -1.47. The van der Waals surface area contributed by atoms with Crippen molar-refractivity contribution in [2.75, 3.05) is 18.1 Å². The molecule has 1 spiro atoms. The fourth-order valence-corrected chi connectivity index (χ4v) is 3.51. The molecule has 1 saturated heterocycles. The first kappa shape index (κ1) is 14.7. The standard InChI is InChI=1S/C18H16ClNO3/c1-12-5-4-7-14-16(12)20(11-13-6-2-3-8-15(13)19)17(21)18(14)22-9-10-23-18/h2-8H,9-11H2,1H3. The van der Waals surface area contributed by atoms with E-state index in [1.165, 1.54) is 0 Å². The van der Waals surface area contributed by atoms with Crippen LogP contribution < -0.4 is 4.90 Å². The molecule has 2 aliphatic heterocycles. The molecule has 0 aromatic heterocycles. The molecule has 0 aliphatic carbocycles. The van der Waals surface area contributed by atoms with Gasteiger partial charge in [-0.25, -0.2) is 0 Å². The highest BCUT2D eigenvalue weighted by Gasteiger charge is 2.56. The van der Waals surface area contributed by atoms with Gasteiger partial charge in [-0.2, -0.15) is 0 Å². The Kier molecular flexibility index (Phi) is 3.41. The molecule has 2 aromatic rings. The summed E-state index contributed by atoms with van der Waals surface area (Å²) in [5.41, 5.74) is 3.55. The molecular weight excluding hydrogens is 314 g/mol. The Balaban J connectivity index is 1.82. The van der Waals surface area contributed by atoms with E-state index >= 15 is 0 Å². The number of aryl methyl sites for hydroxylation is 1. The first-order valence-electron chi connectivity index (χ1n) is 7.57. The predicted octanol–water partition coefficient (Wildman–Crippen LogP) is 3.39. The third-order valence-electron chi connectivity index (χ3n) is 4.37. The second-order valence-electron chi connectivity index (χ2n) is 5.77. The first-order chi connectivity index (χ1) is 11.1. The largest absolute Gasteiger partial charge is 0.336 e. The fourth-order valence-electron chi connectivity index (χ4n) is 3.32. The van der Waals surface area contributed by atoms with E-state index in [1.54, 1.807) is 4.90 Å². The highest BCUT2D eigenvalue weighted by atomic mass is 35.5. The summed E-state index contributed by atoms with van der Waals surface area (Å²) >= 11 is 6.27. The topological polar surface area (TPSA) is 38.8 Å². The number of benzene rings is 2. The van der Waals surface area contributed by atoms with Crippen molar-refractivity contribution in [3.63, 3.8) is 0 Å². The van der Waals surface area contributed by atoms with Gasteiger partial charge in [-0.05, 0) is 24.1 Å². The van der Waals surface area contributed by atoms with Crippen LogP contribution >= 0.6 is 11.6 Å². The SMILES string of the molecule is Cc1cccc2c1N(Cc1ccccc1Cl)C(=O)C21OCCO1. The maximum Gasteiger partial charge on any atom is 0.292 e. The smallest absolute Gasteiger partial charge is 0.292 e. The lowest BCUT2D eigenvalue weighted by molar-refractivity contribution is -0.180. The van der Waals surface area contributed by atoms with E-state index < -0.39 is 5.79 Å². The lowest BCUT2D eigenvalue weighted by atomic mass is 10.0. The van der Waals surface area contributed by atoms with Crippen LogP contribution in [0.15, 0.2) is 42.5 Å². The van der Waals surface area contributed by atoms with E-state index in [-0.39, 0.29) is 5.91 Å². The Hall–Kier alpha value is -1.88. The summed E-state index contributed by atoms with van der Waals surface area (Å²) < 4.78 is 11.5. The normalized spacial score (nSPS) is 18.7. The number of fused-ring (bicyclic) bond motifs is 2. The van der Waals surface area contributed by atoms with E-state index in [0.29, 0.717) is 24.8 Å². The van der Waals surface area contributed by atoms with Crippen LogP contribution in [0.1, 0.15) is 16.7 Å². The zero-order valence-electron chi connectivity index (χ0n) is 12.7. The Bertz CT molecular complexity index is 784. The van der Waals surface area contributed by atoms with Crippen molar-refractivity contribution < 1.29 is 14.3 Å². The number of anilines is 1. The van der Waals surface area contributed by atoms with Crippen LogP contribution in [0.3, 0.4) is 0 Å². The van der Waals surface area contributed by atoms with Crippen molar-refractivity contribution in [2.45, 2.75) is 19.3 Å². The molecule has 1 amide bonds. The van der Waals surface area contributed by atoms with Gasteiger partial charge in [0.1, 0.15) is 0 Å². The molecule has 0 radical (unpaired) electrons. The molecule has 0 atom stereocenters. The third kappa shape index (κ3) is 2.10. The maximum atomic E-state index is 13.1. The van der Waals surface area contributed by atoms with Gasteiger partial charge in [0.2, 0.25) is 0 Å². The number of halogens is 1. The van der Waals surface area contributed by atoms with Gasteiger partial charge in [0.05, 0.1) is 25.4 Å². The number of rotatable bonds is 2. The second-order valence-corrected chi connectivity index (χ2v) is 6.17. The minimum absolute atomic E-state index is 0.181. The lowest BCUT2D eigenvalue weighted by Crippen LogP contribution is -2.41. The monoisotopic (exact) mass is 329 g/mol. The van der Waals surface area contributed by atoms with Crippen molar-refractivity contribution >= 4 is 23.2 Å². The Morgan fingerprint density at radius 2 is 1.87 bits per heavy atom. The lowest BCUT2D eigenvalue weighted by Gasteiger charge is -2.22. The van der Waals surface area contributed by atoms with Gasteiger partial charge in [-0.3, -0.25) is 4.79 Å². The molecular formula is C18H16ClNO3. The highest BCUT2D eigenvalue weighted by molar-refractivity contribution is 6.31. The number of amides is 1. The summed E-state index contributed by atoms with van der Waals surface area (Å²) in [6.45, 7) is 3.21. The number of carbonyl (C=O) groups excluding carboxylic acids is 1. The van der Waals surface area contributed by atoms with Crippen molar-refractivity contribution in [3.8, 4) is 0 Å². The van der Waals surface area contributed by atoms with Gasteiger partial charge in [0.15, 0.2) is 0 Å². The van der Waals surface area contributed by atoms with Gasteiger partial charge in [0, 0.05) is 10.6 Å². The van der Waals surface area contributed by atoms with Crippen molar-refractivity contribution in [1.29, 1.82) is 0 Å². The quantitative estimate of drug-likeness (QED) is 0.847. The van der Waals surface area contributed by atoms with Gasteiger partial charge in [0.25, 0.3) is 11.7 Å². The van der Waals surface area contributed by atoms with Crippen LogP contribution in [0, 0.1) is 6.92 Å². The zero-order valence-corrected chi connectivity index (χ0v) is 13.5. The van der Waals surface area contributed by atoms with E-state index in [9.17, 15) is 4.79 Å². The Morgan fingerprint density at radius 1 is 1.13 bits per heavy atom. The van der Waals surface area contributed by atoms with Crippen LogP contribution in [0.25, 0.3) is 0 Å². The minimum atomic E-state index is -1.29. The molecule has 0 bridgehead atoms. The van der Waals surface area contributed by atoms with E-state index in [1.807, 2.05) is 49.4 Å². The average molecular weight is 330 g/mol. The van der Waals surface area contributed by atoms with Crippen LogP contribution in [0.2, 0.25) is 5.02 Å². The molecule has 5 heteroatoms. The predicted molar refractivity (Wildman–Crippen MR) is 87.4 cm³/mol. The van der Waals surface area contributed by atoms with Crippen LogP contribution in [-0.2, 0) is 26.6 Å². The molecule has 0 N–H and O–H groups in total. The number of para-hydroxylation sites is 1. The van der Waals surface area contributed by atoms with Crippen molar-refractivity contribution in [2.24, 2.45) is 0 Å². The molecule has 2 heterocycles. The van der Waals surface area contributed by atoms with Crippen LogP contribution in [0.5, 0.6) is 0 Å². The van der Waals surface area contributed by atoms with Gasteiger partial charge >= 0.3 is 0 Å². The van der Waals surface area contributed by atoms with Crippen LogP contribution in [0.4, 0.5) is 5.69 Å². The zero-order chi connectivity index (χ0) is 16.0. The van der Waals surface area contributed by atoms with Crippen molar-refractivity contribution in [3.05, 3.63) is 64.2 Å². The second kappa shape index (κ2) is 5.34. The Morgan fingerprint density at radius 3 is 2.61 bits per heavy atom. The van der Waals surface area contributed by atoms with E-state index in [4.69, 9.17) is 21.1 Å². The molecule has 118 valence electrons. The number of nitrogens with zero attached hydrogens (tertiary/aromatic N) is 1. The summed E-state index contributed by atoms with van der Waals surface area (Å²) in [6.07, 6.45) is 0. The van der Waals surface area contributed by atoms with Crippen molar-refractivity contribution in [1.82, 2.24) is 0 Å². The average Bonchev–Trinajstić information content (AvgIpc) is 3.12. The Labute approximate surface area is 139 Å². The minimum Gasteiger partial charge on any atom is -0.336 e. The van der Waals surface area contributed by atoms with E-state index in [2.05, 4.69) is 0 Å². The molecule has 1 fully saturated rings. The van der Waals surface area contributed by atoms with E-state index in [0.717, 1.165) is 22.4 Å². The first-order valence-corrected chi connectivity index (χ1v) is 7.95. The van der Waals surface area contributed by atoms with Gasteiger partial charge in [-0.1, -0.05) is 48.0 Å². The van der Waals surface area contributed by atoms with Gasteiger partial charge < -0.3 is 14.4 Å². The van der Waals surface area contributed by atoms with Crippen LogP contribution in [-0.4, -0.2) is 19.1 Å². The molecule has 23 heavy (non-hydrogen) atoms. The molecule has 0 unspecified atom stereocenters. The summed E-state index contributed by atoms with van der Waals surface area (Å²) in [7, 11) is 0. The molecule has 4 nitrogen and oxygen atoms in total. The molecule has 2 aromatic carbocycles.